The Labute approximate surface area is 204 Å². The van der Waals surface area contributed by atoms with Gasteiger partial charge in [-0.05, 0) is 36.4 Å². The van der Waals surface area contributed by atoms with Crippen LogP contribution in [0.25, 0.3) is 5.65 Å². The van der Waals surface area contributed by atoms with Crippen molar-refractivity contribution >= 4 is 44.7 Å². The number of thioether (sulfide) groups is 1. The number of rotatable bonds is 10. The van der Waals surface area contributed by atoms with Crippen LogP contribution in [0.5, 0.6) is 0 Å². The Kier molecular flexibility index (Phi) is 7.33. The Morgan fingerprint density at radius 3 is 2.49 bits per heavy atom. The van der Waals surface area contributed by atoms with Gasteiger partial charge in [0, 0.05) is 30.8 Å². The number of anilines is 1. The molecule has 0 aliphatic carbocycles. The van der Waals surface area contributed by atoms with E-state index in [0.717, 1.165) is 0 Å². The van der Waals surface area contributed by atoms with Crippen molar-refractivity contribution in [3.05, 3.63) is 82.7 Å². The molecule has 0 aliphatic rings. The zero-order valence-corrected chi connectivity index (χ0v) is 19.7. The molecule has 0 radical (unpaired) electrons. The van der Waals surface area contributed by atoms with Crippen molar-refractivity contribution in [1.29, 1.82) is 0 Å². The van der Waals surface area contributed by atoms with Crippen LogP contribution in [-0.2, 0) is 21.2 Å². The van der Waals surface area contributed by atoms with Crippen LogP contribution in [0, 0.1) is 10.1 Å². The zero-order valence-electron chi connectivity index (χ0n) is 18.1. The maximum absolute atomic E-state index is 12.4. The molecule has 0 saturated heterocycles. The van der Waals surface area contributed by atoms with Crippen molar-refractivity contribution in [3.63, 3.8) is 0 Å². The van der Waals surface area contributed by atoms with Crippen LogP contribution in [0.2, 0.25) is 0 Å². The molecule has 2 aromatic heterocycles. The quantitative estimate of drug-likeness (QED) is 0.184. The van der Waals surface area contributed by atoms with Gasteiger partial charge in [-0.1, -0.05) is 30.0 Å². The largest absolute Gasteiger partial charge is 0.325 e. The number of carbonyl (C=O) groups is 1. The summed E-state index contributed by atoms with van der Waals surface area (Å²) in [5.41, 5.74) is 0.877. The molecule has 0 atom stereocenters. The average molecular weight is 514 g/mol. The fourth-order valence-corrected chi connectivity index (χ4v) is 4.74. The fourth-order valence-electron chi connectivity index (χ4n) is 3.03. The number of nitro groups is 1. The summed E-state index contributed by atoms with van der Waals surface area (Å²) in [4.78, 5) is 22.6. The molecule has 35 heavy (non-hydrogen) atoms. The van der Waals surface area contributed by atoms with E-state index in [9.17, 15) is 23.3 Å². The molecule has 4 rings (SSSR count). The minimum absolute atomic E-state index is 0.0594. The lowest BCUT2D eigenvalue weighted by Gasteiger charge is -2.07. The predicted molar refractivity (Wildman–Crippen MR) is 129 cm³/mol. The van der Waals surface area contributed by atoms with Crippen LogP contribution in [0.4, 0.5) is 11.4 Å². The van der Waals surface area contributed by atoms with Crippen molar-refractivity contribution in [3.8, 4) is 0 Å². The summed E-state index contributed by atoms with van der Waals surface area (Å²) < 4.78 is 28.8. The van der Waals surface area contributed by atoms with Gasteiger partial charge < -0.3 is 5.32 Å². The third-order valence-corrected chi connectivity index (χ3v) is 7.11. The molecule has 1 amide bonds. The molecule has 2 N–H and O–H groups in total. The van der Waals surface area contributed by atoms with Crippen molar-refractivity contribution in [2.75, 3.05) is 17.6 Å². The van der Waals surface area contributed by atoms with Crippen LogP contribution in [0.3, 0.4) is 0 Å². The second kappa shape index (κ2) is 10.6. The van der Waals surface area contributed by atoms with Crippen molar-refractivity contribution in [2.24, 2.45) is 0 Å². The van der Waals surface area contributed by atoms with Crippen molar-refractivity contribution < 1.29 is 18.1 Å². The normalized spacial score (nSPS) is 11.4. The Hall–Kier alpha value is -3.88. The van der Waals surface area contributed by atoms with E-state index in [0.29, 0.717) is 22.2 Å². The zero-order chi connectivity index (χ0) is 24.8. The number of non-ortho nitro benzene ring substituents is 1. The predicted octanol–water partition coefficient (Wildman–Crippen LogP) is 2.28. The number of nitrogens with one attached hydrogen (secondary N) is 2. The number of benzene rings is 2. The minimum Gasteiger partial charge on any atom is -0.325 e. The van der Waals surface area contributed by atoms with Crippen LogP contribution in [0.1, 0.15) is 5.82 Å². The number of fused-ring (bicyclic) bond motifs is 1. The summed E-state index contributed by atoms with van der Waals surface area (Å²) in [5.74, 6) is 0.225. The molecule has 2 aromatic carbocycles. The third kappa shape index (κ3) is 6.17. The molecule has 12 nitrogen and oxygen atoms in total. The molecule has 0 saturated carbocycles. The van der Waals surface area contributed by atoms with Gasteiger partial charge in [-0.15, -0.1) is 10.2 Å². The molecule has 14 heteroatoms. The van der Waals surface area contributed by atoms with Gasteiger partial charge >= 0.3 is 0 Å². The summed E-state index contributed by atoms with van der Waals surface area (Å²) in [6.07, 6.45) is 0.259. The molecule has 0 spiro atoms. The molecule has 0 aliphatic heterocycles. The number of aromatic nitrogens is 4. The lowest BCUT2D eigenvalue weighted by Crippen LogP contribution is -2.26. The van der Waals surface area contributed by atoms with Gasteiger partial charge in [0.1, 0.15) is 5.03 Å². The number of hydrogen-bond donors (Lipinski definition) is 2. The molecule has 180 valence electrons. The molecule has 0 fully saturated rings. The lowest BCUT2D eigenvalue weighted by atomic mass is 10.3. The molecular formula is C21H19N7O5S2. The minimum atomic E-state index is -3.64. The van der Waals surface area contributed by atoms with Crippen molar-refractivity contribution in [1.82, 2.24) is 24.5 Å². The van der Waals surface area contributed by atoms with Crippen LogP contribution in [0.15, 0.2) is 76.7 Å². The Morgan fingerprint density at radius 1 is 1.03 bits per heavy atom. The standard InChI is InChI=1S/C21H19N7O5S2/c29-20(23-15-6-8-16(9-7-15)28(30)31)14-34-21-11-10-18-24-25-19(27(18)26-21)12-13-22-35(32,33)17-4-2-1-3-5-17/h1-11,22H,12-14H2,(H,23,29). The van der Waals surface area contributed by atoms with E-state index < -0.39 is 14.9 Å². The highest BCUT2D eigenvalue weighted by atomic mass is 32.2. The molecule has 0 bridgehead atoms. The number of nitro benzene ring substituents is 1. The van der Waals surface area contributed by atoms with E-state index in [4.69, 9.17) is 0 Å². The first-order valence-corrected chi connectivity index (χ1v) is 12.7. The van der Waals surface area contributed by atoms with Gasteiger partial charge in [0.25, 0.3) is 5.69 Å². The topological polar surface area (TPSA) is 161 Å². The SMILES string of the molecule is O=C(CSc1ccc2nnc(CCNS(=O)(=O)c3ccccc3)n2n1)Nc1ccc([N+](=O)[O-])cc1. The van der Waals surface area contributed by atoms with E-state index in [1.165, 1.54) is 52.7 Å². The van der Waals surface area contributed by atoms with Gasteiger partial charge in [-0.2, -0.15) is 9.61 Å². The van der Waals surface area contributed by atoms with E-state index in [-0.39, 0.29) is 35.2 Å². The summed E-state index contributed by atoms with van der Waals surface area (Å²) in [5, 5.41) is 26.5. The Bertz CT molecular complexity index is 1460. The highest BCUT2D eigenvalue weighted by Crippen LogP contribution is 2.18. The summed E-state index contributed by atoms with van der Waals surface area (Å²) >= 11 is 1.19. The number of hydrogen-bond acceptors (Lipinski definition) is 9. The van der Waals surface area contributed by atoms with Gasteiger partial charge in [-0.3, -0.25) is 14.9 Å². The first kappa shape index (κ1) is 24.3. The maximum atomic E-state index is 12.4. The van der Waals surface area contributed by atoms with E-state index in [1.54, 1.807) is 30.3 Å². The van der Waals surface area contributed by atoms with Crippen LogP contribution >= 0.6 is 11.8 Å². The monoisotopic (exact) mass is 513 g/mol. The van der Waals surface area contributed by atoms with Crippen molar-refractivity contribution in [2.45, 2.75) is 16.3 Å². The third-order valence-electron chi connectivity index (χ3n) is 4.71. The van der Waals surface area contributed by atoms with Gasteiger partial charge in [-0.25, -0.2) is 13.1 Å². The number of amides is 1. The van der Waals surface area contributed by atoms with E-state index in [2.05, 4.69) is 25.3 Å². The highest BCUT2D eigenvalue weighted by molar-refractivity contribution is 7.99. The smallest absolute Gasteiger partial charge is 0.269 e. The van der Waals surface area contributed by atoms with Crippen LogP contribution in [-0.4, -0.2) is 51.4 Å². The summed E-state index contributed by atoms with van der Waals surface area (Å²) in [6.45, 7) is 0.106. The summed E-state index contributed by atoms with van der Waals surface area (Å²) in [7, 11) is -3.64. The van der Waals surface area contributed by atoms with Gasteiger partial charge in [0.05, 0.1) is 15.6 Å². The average Bonchev–Trinajstić information content (AvgIpc) is 3.26. The Morgan fingerprint density at radius 2 is 1.77 bits per heavy atom. The van der Waals surface area contributed by atoms with Crippen LogP contribution < -0.4 is 10.0 Å². The molecule has 4 aromatic rings. The molecule has 2 heterocycles. The van der Waals surface area contributed by atoms with E-state index in [1.807, 2.05) is 0 Å². The van der Waals surface area contributed by atoms with Gasteiger partial charge in [0.2, 0.25) is 15.9 Å². The second-order valence-corrected chi connectivity index (χ2v) is 9.92. The fraction of sp³-hybridized carbons (Fsp3) is 0.143. The first-order chi connectivity index (χ1) is 16.8. The molecular weight excluding hydrogens is 494 g/mol. The number of carbonyl (C=O) groups excluding carboxylic acids is 1. The lowest BCUT2D eigenvalue weighted by molar-refractivity contribution is -0.384. The second-order valence-electron chi connectivity index (χ2n) is 7.16. The highest BCUT2D eigenvalue weighted by Gasteiger charge is 2.15. The Balaban J connectivity index is 1.34. The molecule has 0 unspecified atom stereocenters. The maximum Gasteiger partial charge on any atom is 0.269 e. The first-order valence-electron chi connectivity index (χ1n) is 10.2. The van der Waals surface area contributed by atoms with E-state index >= 15 is 0 Å². The number of nitrogens with zero attached hydrogens (tertiary/aromatic N) is 5. The summed E-state index contributed by atoms with van der Waals surface area (Å²) in [6, 6.07) is 17.0. The number of sulfonamides is 1. The van der Waals surface area contributed by atoms with Gasteiger partial charge in [0.15, 0.2) is 11.5 Å².